The minimum Gasteiger partial charge on any atom is -0.380 e. The smallest absolute Gasteiger partial charge is 0.275 e. The number of hydrogen-bond acceptors (Lipinski definition) is 3. The fraction of sp³-hybridized carbons (Fsp3) is 0.0769. The van der Waals surface area contributed by atoms with Crippen molar-refractivity contribution in [3.05, 3.63) is 68.7 Å². The van der Waals surface area contributed by atoms with E-state index >= 15 is 0 Å². The van der Waals surface area contributed by atoms with Crippen molar-refractivity contribution in [1.82, 2.24) is 0 Å². The lowest BCUT2D eigenvalue weighted by Gasteiger charge is -2.09. The van der Waals surface area contributed by atoms with Gasteiger partial charge in [-0.3, -0.25) is 10.1 Å². The molecule has 0 saturated heterocycles. The van der Waals surface area contributed by atoms with E-state index in [1.807, 2.05) is 0 Å². The summed E-state index contributed by atoms with van der Waals surface area (Å²) in [4.78, 5) is 10.3. The van der Waals surface area contributed by atoms with Crippen LogP contribution < -0.4 is 5.32 Å². The second-order valence-corrected chi connectivity index (χ2v) is 4.41. The molecule has 0 spiro atoms. The van der Waals surface area contributed by atoms with Crippen molar-refractivity contribution >= 4 is 23.0 Å². The molecule has 0 aliphatic heterocycles. The van der Waals surface area contributed by atoms with E-state index in [0.29, 0.717) is 0 Å². The first-order valence-corrected chi connectivity index (χ1v) is 5.97. The fourth-order valence-corrected chi connectivity index (χ4v) is 1.98. The zero-order valence-corrected chi connectivity index (χ0v) is 10.8. The number of nitro benzene ring substituents is 1. The van der Waals surface area contributed by atoms with Crippen LogP contribution in [0.25, 0.3) is 0 Å². The number of benzene rings is 2. The van der Waals surface area contributed by atoms with Gasteiger partial charge in [0.05, 0.1) is 15.5 Å². The maximum absolute atomic E-state index is 13.0. The van der Waals surface area contributed by atoms with E-state index in [4.69, 9.17) is 11.6 Å². The quantitative estimate of drug-likeness (QED) is 0.682. The van der Waals surface area contributed by atoms with Crippen molar-refractivity contribution in [2.75, 3.05) is 5.32 Å². The third-order valence-corrected chi connectivity index (χ3v) is 2.98. The van der Waals surface area contributed by atoms with Crippen LogP contribution in [-0.2, 0) is 6.54 Å². The maximum atomic E-state index is 13.0. The summed E-state index contributed by atoms with van der Waals surface area (Å²) >= 11 is 5.91. The summed E-state index contributed by atoms with van der Waals surface area (Å²) in [5.74, 6) is -1.47. The zero-order valence-electron chi connectivity index (χ0n) is 10.1. The summed E-state index contributed by atoms with van der Waals surface area (Å²) in [5.41, 5.74) is 0.280. The molecule has 20 heavy (non-hydrogen) atoms. The summed E-state index contributed by atoms with van der Waals surface area (Å²) in [5, 5.41) is 13.8. The molecular formula is C13H9ClF2N2O2. The number of halogens is 3. The van der Waals surface area contributed by atoms with Crippen molar-refractivity contribution in [3.8, 4) is 0 Å². The van der Waals surface area contributed by atoms with Crippen LogP contribution in [0, 0.1) is 21.7 Å². The van der Waals surface area contributed by atoms with Gasteiger partial charge in [-0.2, -0.15) is 0 Å². The molecule has 2 aromatic carbocycles. The summed E-state index contributed by atoms with van der Waals surface area (Å²) in [6.45, 7) is -0.0150. The fourth-order valence-electron chi connectivity index (χ4n) is 1.74. The molecule has 0 aliphatic rings. The highest BCUT2D eigenvalue weighted by atomic mass is 35.5. The minimum absolute atomic E-state index is 0.0150. The van der Waals surface area contributed by atoms with Crippen LogP contribution in [0.2, 0.25) is 5.02 Å². The van der Waals surface area contributed by atoms with Gasteiger partial charge in [-0.15, -0.1) is 0 Å². The summed E-state index contributed by atoms with van der Waals surface area (Å²) < 4.78 is 26.1. The summed E-state index contributed by atoms with van der Waals surface area (Å²) in [6, 6.07) is 7.21. The van der Waals surface area contributed by atoms with E-state index in [2.05, 4.69) is 5.32 Å². The van der Waals surface area contributed by atoms with Gasteiger partial charge in [0.15, 0.2) is 0 Å². The first kappa shape index (κ1) is 14.2. The molecule has 0 saturated carbocycles. The molecule has 0 amide bonds. The first-order valence-electron chi connectivity index (χ1n) is 5.59. The van der Waals surface area contributed by atoms with E-state index in [0.717, 1.165) is 18.2 Å². The van der Waals surface area contributed by atoms with Crippen molar-refractivity contribution in [3.63, 3.8) is 0 Å². The second-order valence-electron chi connectivity index (χ2n) is 4.01. The van der Waals surface area contributed by atoms with Crippen molar-refractivity contribution in [2.45, 2.75) is 6.54 Å². The molecule has 0 fully saturated rings. The first-order chi connectivity index (χ1) is 9.47. The predicted octanol–water partition coefficient (Wildman–Crippen LogP) is 4.14. The highest BCUT2D eigenvalue weighted by Gasteiger charge is 2.16. The number of anilines is 1. The van der Waals surface area contributed by atoms with Gasteiger partial charge in [0, 0.05) is 24.4 Å². The molecule has 4 nitrogen and oxygen atoms in total. The normalized spacial score (nSPS) is 10.3. The lowest BCUT2D eigenvalue weighted by Crippen LogP contribution is -2.04. The Hall–Kier alpha value is -2.21. The van der Waals surface area contributed by atoms with Gasteiger partial charge in [-0.05, 0) is 18.2 Å². The van der Waals surface area contributed by atoms with Gasteiger partial charge in [0.25, 0.3) is 5.69 Å². The van der Waals surface area contributed by atoms with Crippen LogP contribution >= 0.6 is 11.6 Å². The molecule has 0 bridgehead atoms. The Balaban J connectivity index is 2.25. The van der Waals surface area contributed by atoms with E-state index in [1.165, 1.54) is 18.2 Å². The number of nitrogens with zero attached hydrogens (tertiary/aromatic N) is 1. The molecule has 0 aliphatic carbocycles. The van der Waals surface area contributed by atoms with Crippen LogP contribution in [0.15, 0.2) is 36.4 Å². The number of rotatable bonds is 4. The molecule has 0 atom stereocenters. The Morgan fingerprint density at radius 2 is 1.85 bits per heavy atom. The van der Waals surface area contributed by atoms with Crippen molar-refractivity contribution in [1.29, 1.82) is 0 Å². The lowest BCUT2D eigenvalue weighted by molar-refractivity contribution is -0.385. The van der Waals surface area contributed by atoms with E-state index in [1.54, 1.807) is 0 Å². The monoisotopic (exact) mass is 298 g/mol. The Bertz CT molecular complexity index is 645. The van der Waals surface area contributed by atoms with Crippen molar-refractivity contribution < 1.29 is 13.7 Å². The SMILES string of the molecule is O=[N+]([O-])c1cccc(Cl)c1CNc1cc(F)cc(F)c1. The molecule has 1 N–H and O–H groups in total. The van der Waals surface area contributed by atoms with E-state index < -0.39 is 16.6 Å². The van der Waals surface area contributed by atoms with Gasteiger partial charge in [0.1, 0.15) is 11.6 Å². The molecule has 0 aromatic heterocycles. The standard InChI is InChI=1S/C13H9ClF2N2O2/c14-12-2-1-3-13(18(19)20)11(12)7-17-10-5-8(15)4-9(16)6-10/h1-6,17H,7H2. The largest absolute Gasteiger partial charge is 0.380 e. The van der Waals surface area contributed by atoms with Crippen LogP contribution in [0.5, 0.6) is 0 Å². The van der Waals surface area contributed by atoms with Crippen LogP contribution in [-0.4, -0.2) is 4.92 Å². The Morgan fingerprint density at radius 3 is 2.45 bits per heavy atom. The van der Waals surface area contributed by atoms with Crippen LogP contribution in [0.4, 0.5) is 20.2 Å². The van der Waals surface area contributed by atoms with Gasteiger partial charge in [0.2, 0.25) is 0 Å². The van der Waals surface area contributed by atoms with E-state index in [-0.39, 0.29) is 28.5 Å². The Morgan fingerprint density at radius 1 is 1.20 bits per heavy atom. The van der Waals surface area contributed by atoms with Crippen LogP contribution in [0.3, 0.4) is 0 Å². The number of hydrogen-bond donors (Lipinski definition) is 1. The molecule has 0 radical (unpaired) electrons. The molecule has 0 unspecified atom stereocenters. The molecular weight excluding hydrogens is 290 g/mol. The Labute approximate surface area is 118 Å². The summed E-state index contributed by atoms with van der Waals surface area (Å²) in [7, 11) is 0. The highest BCUT2D eigenvalue weighted by molar-refractivity contribution is 6.31. The second kappa shape index (κ2) is 5.83. The Kier molecular flexibility index (Phi) is 4.14. The maximum Gasteiger partial charge on any atom is 0.275 e. The van der Waals surface area contributed by atoms with Crippen molar-refractivity contribution in [2.24, 2.45) is 0 Å². The average molecular weight is 299 g/mol. The third kappa shape index (κ3) is 3.21. The van der Waals surface area contributed by atoms with Gasteiger partial charge in [-0.25, -0.2) is 8.78 Å². The average Bonchev–Trinajstić information content (AvgIpc) is 2.35. The third-order valence-electron chi connectivity index (χ3n) is 2.62. The zero-order chi connectivity index (χ0) is 14.7. The highest BCUT2D eigenvalue weighted by Crippen LogP contribution is 2.27. The molecule has 104 valence electrons. The van der Waals surface area contributed by atoms with E-state index in [9.17, 15) is 18.9 Å². The number of nitrogens with one attached hydrogen (secondary N) is 1. The number of nitro groups is 1. The molecule has 2 rings (SSSR count). The molecule has 2 aromatic rings. The van der Waals surface area contributed by atoms with Gasteiger partial charge >= 0.3 is 0 Å². The van der Waals surface area contributed by atoms with Gasteiger partial charge < -0.3 is 5.32 Å². The molecule has 7 heteroatoms. The van der Waals surface area contributed by atoms with Gasteiger partial charge in [-0.1, -0.05) is 17.7 Å². The minimum atomic E-state index is -0.735. The molecule has 0 heterocycles. The predicted molar refractivity (Wildman–Crippen MR) is 71.8 cm³/mol. The topological polar surface area (TPSA) is 55.2 Å². The summed E-state index contributed by atoms with van der Waals surface area (Å²) in [6.07, 6.45) is 0. The van der Waals surface area contributed by atoms with Crippen LogP contribution in [0.1, 0.15) is 5.56 Å². The lowest BCUT2D eigenvalue weighted by atomic mass is 10.1.